The Hall–Kier alpha value is -3.02. The van der Waals surface area contributed by atoms with Crippen LogP contribution in [0.2, 0.25) is 0 Å². The molecule has 0 spiro atoms. The molecule has 24 heavy (non-hydrogen) atoms. The predicted molar refractivity (Wildman–Crippen MR) is 86.9 cm³/mol. The molecule has 0 bridgehead atoms. The van der Waals surface area contributed by atoms with E-state index in [9.17, 15) is 9.59 Å². The van der Waals surface area contributed by atoms with Crippen LogP contribution in [0.1, 0.15) is 27.6 Å². The first-order valence-corrected chi connectivity index (χ1v) is 7.30. The normalized spacial score (nSPS) is 9.96. The van der Waals surface area contributed by atoms with Crippen molar-refractivity contribution in [1.29, 1.82) is 0 Å². The number of benzene rings is 2. The summed E-state index contributed by atoms with van der Waals surface area (Å²) in [6, 6.07) is 10.9. The van der Waals surface area contributed by atoms with Crippen LogP contribution in [0.15, 0.2) is 42.5 Å². The van der Waals surface area contributed by atoms with E-state index in [1.807, 2.05) is 6.92 Å². The van der Waals surface area contributed by atoms with E-state index in [-0.39, 0.29) is 0 Å². The molecule has 0 heterocycles. The van der Waals surface area contributed by atoms with Crippen molar-refractivity contribution in [3.63, 3.8) is 0 Å². The van der Waals surface area contributed by atoms with Gasteiger partial charge in [0, 0.05) is 0 Å². The van der Waals surface area contributed by atoms with Gasteiger partial charge in [-0.2, -0.15) is 0 Å². The maximum Gasteiger partial charge on any atom is 0.343 e. The Bertz CT molecular complexity index is 721. The van der Waals surface area contributed by atoms with E-state index in [1.54, 1.807) is 18.2 Å². The van der Waals surface area contributed by atoms with Gasteiger partial charge in [-0.3, -0.25) is 0 Å². The van der Waals surface area contributed by atoms with E-state index in [1.165, 1.54) is 38.5 Å². The first-order valence-electron chi connectivity index (χ1n) is 7.30. The van der Waals surface area contributed by atoms with Crippen LogP contribution in [0, 0.1) is 0 Å². The highest BCUT2D eigenvalue weighted by atomic mass is 16.5. The number of carbonyl (C=O) groups excluding carboxylic acids is 2. The summed E-state index contributed by atoms with van der Waals surface area (Å²) >= 11 is 0. The van der Waals surface area contributed by atoms with Crippen molar-refractivity contribution in [2.75, 3.05) is 20.8 Å². The van der Waals surface area contributed by atoms with E-state index in [0.29, 0.717) is 35.0 Å². The Balaban J connectivity index is 2.13. The minimum absolute atomic E-state index is 0.320. The van der Waals surface area contributed by atoms with Crippen LogP contribution in [0.25, 0.3) is 0 Å². The number of rotatable bonds is 6. The highest BCUT2D eigenvalue weighted by molar-refractivity contribution is 5.92. The minimum Gasteiger partial charge on any atom is -0.493 e. The summed E-state index contributed by atoms with van der Waals surface area (Å²) in [4.78, 5) is 23.6. The maximum absolute atomic E-state index is 12.2. The molecule has 0 atom stereocenters. The standard InChI is InChI=1S/C18H18O6/c1-4-23-15-10-7-13(11-16(15)21-2)18(20)24-14-8-5-12(6-9-14)17(19)22-3/h5-11H,4H2,1-3H3. The van der Waals surface area contributed by atoms with Crippen LogP contribution in [0.3, 0.4) is 0 Å². The Kier molecular flexibility index (Phi) is 5.78. The molecule has 2 aromatic carbocycles. The van der Waals surface area contributed by atoms with Crippen molar-refractivity contribution in [2.45, 2.75) is 6.92 Å². The second-order valence-corrected chi connectivity index (χ2v) is 4.70. The second-order valence-electron chi connectivity index (χ2n) is 4.70. The average Bonchev–Trinajstić information content (AvgIpc) is 2.62. The zero-order valence-electron chi connectivity index (χ0n) is 13.7. The quantitative estimate of drug-likeness (QED) is 0.599. The summed E-state index contributed by atoms with van der Waals surface area (Å²) in [5, 5.41) is 0. The van der Waals surface area contributed by atoms with Crippen LogP contribution < -0.4 is 14.2 Å². The largest absolute Gasteiger partial charge is 0.493 e. The summed E-state index contributed by atoms with van der Waals surface area (Å²) in [7, 11) is 2.80. The Morgan fingerprint density at radius 1 is 0.875 bits per heavy atom. The molecule has 0 saturated carbocycles. The van der Waals surface area contributed by atoms with Gasteiger partial charge in [0.1, 0.15) is 5.75 Å². The molecule has 126 valence electrons. The van der Waals surface area contributed by atoms with Gasteiger partial charge < -0.3 is 18.9 Å². The fourth-order valence-electron chi connectivity index (χ4n) is 2.01. The van der Waals surface area contributed by atoms with Crippen molar-refractivity contribution in [3.05, 3.63) is 53.6 Å². The Morgan fingerprint density at radius 3 is 2.12 bits per heavy atom. The molecular formula is C18H18O6. The molecule has 0 fully saturated rings. The smallest absolute Gasteiger partial charge is 0.343 e. The molecule has 0 amide bonds. The molecule has 6 heteroatoms. The third kappa shape index (κ3) is 4.04. The van der Waals surface area contributed by atoms with Gasteiger partial charge in [-0.15, -0.1) is 0 Å². The summed E-state index contributed by atoms with van der Waals surface area (Å²) in [6.07, 6.45) is 0. The number of esters is 2. The van der Waals surface area contributed by atoms with E-state index in [2.05, 4.69) is 4.74 Å². The van der Waals surface area contributed by atoms with Crippen molar-refractivity contribution in [2.24, 2.45) is 0 Å². The second kappa shape index (κ2) is 8.01. The van der Waals surface area contributed by atoms with E-state index in [0.717, 1.165) is 0 Å². The molecule has 0 saturated heterocycles. The molecule has 0 N–H and O–H groups in total. The summed E-state index contributed by atoms with van der Waals surface area (Å²) < 4.78 is 20.5. The summed E-state index contributed by atoms with van der Waals surface area (Å²) in [5.74, 6) is 0.332. The number of carbonyl (C=O) groups is 2. The molecule has 0 aliphatic carbocycles. The van der Waals surface area contributed by atoms with Gasteiger partial charge in [-0.25, -0.2) is 9.59 Å². The lowest BCUT2D eigenvalue weighted by molar-refractivity contribution is 0.0600. The lowest BCUT2D eigenvalue weighted by Crippen LogP contribution is -2.09. The molecule has 0 aliphatic heterocycles. The zero-order chi connectivity index (χ0) is 17.5. The SMILES string of the molecule is CCOc1ccc(C(=O)Oc2ccc(C(=O)OC)cc2)cc1OC. The van der Waals surface area contributed by atoms with Crippen LogP contribution >= 0.6 is 0 Å². The maximum atomic E-state index is 12.2. The van der Waals surface area contributed by atoms with Gasteiger partial charge in [0.05, 0.1) is 32.0 Å². The van der Waals surface area contributed by atoms with E-state index < -0.39 is 11.9 Å². The third-order valence-corrected chi connectivity index (χ3v) is 3.19. The Morgan fingerprint density at radius 2 is 1.54 bits per heavy atom. The highest BCUT2D eigenvalue weighted by Gasteiger charge is 2.13. The Labute approximate surface area is 139 Å². The lowest BCUT2D eigenvalue weighted by Gasteiger charge is -2.11. The van der Waals surface area contributed by atoms with Crippen molar-refractivity contribution in [1.82, 2.24) is 0 Å². The fraction of sp³-hybridized carbons (Fsp3) is 0.222. The van der Waals surface area contributed by atoms with Crippen LogP contribution in [-0.2, 0) is 4.74 Å². The van der Waals surface area contributed by atoms with Crippen LogP contribution in [-0.4, -0.2) is 32.8 Å². The molecular weight excluding hydrogens is 312 g/mol. The summed E-state index contributed by atoms with van der Waals surface area (Å²) in [6.45, 7) is 2.35. The van der Waals surface area contributed by atoms with Gasteiger partial charge in [0.25, 0.3) is 0 Å². The number of ether oxygens (including phenoxy) is 4. The van der Waals surface area contributed by atoms with E-state index in [4.69, 9.17) is 14.2 Å². The minimum atomic E-state index is -0.540. The summed E-state index contributed by atoms with van der Waals surface area (Å²) in [5.41, 5.74) is 0.701. The predicted octanol–water partition coefficient (Wildman–Crippen LogP) is 3.10. The fourth-order valence-corrected chi connectivity index (χ4v) is 2.01. The van der Waals surface area contributed by atoms with Crippen LogP contribution in [0.4, 0.5) is 0 Å². The van der Waals surface area contributed by atoms with Crippen molar-refractivity contribution in [3.8, 4) is 17.2 Å². The van der Waals surface area contributed by atoms with Gasteiger partial charge in [-0.05, 0) is 49.4 Å². The van der Waals surface area contributed by atoms with Gasteiger partial charge >= 0.3 is 11.9 Å². The van der Waals surface area contributed by atoms with Crippen molar-refractivity contribution >= 4 is 11.9 Å². The van der Waals surface area contributed by atoms with Gasteiger partial charge in [-0.1, -0.05) is 0 Å². The molecule has 2 aromatic rings. The molecule has 2 rings (SSSR count). The lowest BCUT2D eigenvalue weighted by atomic mass is 10.2. The molecule has 0 unspecified atom stereocenters. The zero-order valence-corrected chi connectivity index (χ0v) is 13.7. The van der Waals surface area contributed by atoms with Gasteiger partial charge in [0.15, 0.2) is 11.5 Å². The van der Waals surface area contributed by atoms with E-state index >= 15 is 0 Å². The molecule has 6 nitrogen and oxygen atoms in total. The molecule has 0 aromatic heterocycles. The molecule has 0 radical (unpaired) electrons. The number of hydrogen-bond donors (Lipinski definition) is 0. The van der Waals surface area contributed by atoms with Gasteiger partial charge in [0.2, 0.25) is 0 Å². The topological polar surface area (TPSA) is 71.1 Å². The number of hydrogen-bond acceptors (Lipinski definition) is 6. The third-order valence-electron chi connectivity index (χ3n) is 3.19. The first kappa shape index (κ1) is 17.3. The average molecular weight is 330 g/mol. The van der Waals surface area contributed by atoms with Crippen molar-refractivity contribution < 1.29 is 28.5 Å². The van der Waals surface area contributed by atoms with Crippen LogP contribution in [0.5, 0.6) is 17.2 Å². The first-order chi connectivity index (χ1) is 11.6. The monoisotopic (exact) mass is 330 g/mol. The number of methoxy groups -OCH3 is 2. The highest BCUT2D eigenvalue weighted by Crippen LogP contribution is 2.28. The molecule has 0 aliphatic rings.